The molecule has 1 unspecified atom stereocenters. The molecule has 17 heavy (non-hydrogen) atoms. The Morgan fingerprint density at radius 3 is 3.00 bits per heavy atom. The number of aromatic amines is 1. The van der Waals surface area contributed by atoms with Crippen molar-refractivity contribution in [1.29, 1.82) is 0 Å². The van der Waals surface area contributed by atoms with Gasteiger partial charge in [-0.2, -0.15) is 0 Å². The molecule has 2 heterocycles. The molecule has 0 bridgehead atoms. The van der Waals surface area contributed by atoms with E-state index >= 15 is 0 Å². The van der Waals surface area contributed by atoms with E-state index in [0.717, 1.165) is 4.57 Å². The zero-order valence-corrected chi connectivity index (χ0v) is 9.27. The molecule has 0 aliphatic carbocycles. The molecule has 1 aromatic heterocycles. The summed E-state index contributed by atoms with van der Waals surface area (Å²) in [5, 5.41) is 8.86. The molecule has 94 valence electrons. The van der Waals surface area contributed by atoms with Gasteiger partial charge in [-0.15, -0.1) is 0 Å². The van der Waals surface area contributed by atoms with Crippen molar-refractivity contribution < 1.29 is 14.2 Å². The Labute approximate surface area is 95.7 Å². The van der Waals surface area contributed by atoms with E-state index in [9.17, 15) is 14.0 Å². The predicted octanol–water partition coefficient (Wildman–Crippen LogP) is -0.535. The number of aromatic nitrogens is 2. The minimum atomic E-state index is -1.83. The van der Waals surface area contributed by atoms with Crippen LogP contribution < -0.4 is 11.2 Å². The van der Waals surface area contributed by atoms with Crippen molar-refractivity contribution in [2.45, 2.75) is 25.2 Å². The Morgan fingerprint density at radius 1 is 1.71 bits per heavy atom. The number of nitrogens with zero attached hydrogens (tertiary/aromatic N) is 1. The molecule has 1 fully saturated rings. The standard InChI is InChI=1S/C10H13FN2O4/c1-6-3-13(9(16)12-8(6)15)7-2-10(11,4-14)5-17-7/h3,7,14H,2,4-5H2,1H3,(H,12,15,16)/t7-,10?/m1/s1. The van der Waals surface area contributed by atoms with Gasteiger partial charge in [-0.05, 0) is 6.92 Å². The third kappa shape index (κ3) is 2.16. The Balaban J connectivity index is 2.34. The molecule has 2 rings (SSSR count). The van der Waals surface area contributed by atoms with Gasteiger partial charge in [0.2, 0.25) is 0 Å². The predicted molar refractivity (Wildman–Crippen MR) is 56.6 cm³/mol. The SMILES string of the molecule is Cc1cn([C@H]2CC(F)(CO)CO2)c(=O)[nH]c1=O. The monoisotopic (exact) mass is 244 g/mol. The van der Waals surface area contributed by atoms with Crippen LogP contribution in [0.3, 0.4) is 0 Å². The van der Waals surface area contributed by atoms with E-state index in [1.807, 2.05) is 0 Å². The zero-order chi connectivity index (χ0) is 12.6. The van der Waals surface area contributed by atoms with Crippen molar-refractivity contribution in [2.24, 2.45) is 0 Å². The van der Waals surface area contributed by atoms with Crippen LogP contribution in [0.5, 0.6) is 0 Å². The maximum Gasteiger partial charge on any atom is 0.330 e. The van der Waals surface area contributed by atoms with Gasteiger partial charge in [0.25, 0.3) is 5.56 Å². The van der Waals surface area contributed by atoms with E-state index in [-0.39, 0.29) is 13.0 Å². The van der Waals surface area contributed by atoms with Gasteiger partial charge >= 0.3 is 5.69 Å². The summed E-state index contributed by atoms with van der Waals surface area (Å²) in [5.74, 6) is 0. The number of nitrogens with one attached hydrogen (secondary N) is 1. The van der Waals surface area contributed by atoms with Gasteiger partial charge < -0.3 is 9.84 Å². The average molecular weight is 244 g/mol. The van der Waals surface area contributed by atoms with Crippen molar-refractivity contribution in [3.8, 4) is 0 Å². The van der Waals surface area contributed by atoms with Crippen molar-refractivity contribution in [3.63, 3.8) is 0 Å². The summed E-state index contributed by atoms with van der Waals surface area (Å²) in [6, 6.07) is 0. The second-order valence-electron chi connectivity index (χ2n) is 4.26. The van der Waals surface area contributed by atoms with E-state index in [1.54, 1.807) is 6.92 Å². The molecule has 1 aromatic rings. The number of halogens is 1. The van der Waals surface area contributed by atoms with E-state index in [2.05, 4.69) is 4.98 Å². The lowest BCUT2D eigenvalue weighted by Gasteiger charge is -2.15. The zero-order valence-electron chi connectivity index (χ0n) is 9.27. The molecular weight excluding hydrogens is 231 g/mol. The highest BCUT2D eigenvalue weighted by atomic mass is 19.1. The number of hydrogen-bond donors (Lipinski definition) is 2. The first-order valence-electron chi connectivity index (χ1n) is 5.19. The number of aliphatic hydroxyl groups is 1. The summed E-state index contributed by atoms with van der Waals surface area (Å²) in [7, 11) is 0. The molecule has 0 spiro atoms. The summed E-state index contributed by atoms with van der Waals surface area (Å²) in [6.07, 6.45) is 0.416. The largest absolute Gasteiger partial charge is 0.393 e. The van der Waals surface area contributed by atoms with Crippen LogP contribution in [0.15, 0.2) is 15.8 Å². The van der Waals surface area contributed by atoms with E-state index in [1.165, 1.54) is 6.20 Å². The molecule has 0 radical (unpaired) electrons. The molecule has 2 atom stereocenters. The fourth-order valence-corrected chi connectivity index (χ4v) is 1.77. The normalized spacial score (nSPS) is 28.5. The van der Waals surface area contributed by atoms with Gasteiger partial charge in [-0.25, -0.2) is 9.18 Å². The van der Waals surface area contributed by atoms with Crippen LogP contribution in [0.25, 0.3) is 0 Å². The summed E-state index contributed by atoms with van der Waals surface area (Å²) in [4.78, 5) is 24.8. The molecular formula is C10H13FN2O4. The van der Waals surface area contributed by atoms with E-state index in [0.29, 0.717) is 5.56 Å². The average Bonchev–Trinajstić information content (AvgIpc) is 2.67. The van der Waals surface area contributed by atoms with Crippen molar-refractivity contribution in [1.82, 2.24) is 9.55 Å². The Morgan fingerprint density at radius 2 is 2.41 bits per heavy atom. The quantitative estimate of drug-likeness (QED) is 0.732. The molecule has 1 aliphatic rings. The first-order chi connectivity index (χ1) is 7.95. The van der Waals surface area contributed by atoms with E-state index in [4.69, 9.17) is 9.84 Å². The van der Waals surface area contributed by atoms with Crippen LogP contribution in [0, 0.1) is 6.92 Å². The number of rotatable bonds is 2. The number of H-pyrrole nitrogens is 1. The third-order valence-electron chi connectivity index (χ3n) is 2.81. The molecule has 0 amide bonds. The van der Waals surface area contributed by atoms with Gasteiger partial charge in [0.1, 0.15) is 6.23 Å². The van der Waals surface area contributed by atoms with Crippen molar-refractivity contribution in [3.05, 3.63) is 32.6 Å². The summed E-state index contributed by atoms with van der Waals surface area (Å²) in [6.45, 7) is 0.623. The Hall–Kier alpha value is -1.47. The number of aliphatic hydroxyl groups excluding tert-OH is 1. The number of ether oxygens (including phenoxy) is 1. The number of alkyl halides is 1. The third-order valence-corrected chi connectivity index (χ3v) is 2.81. The molecule has 2 N–H and O–H groups in total. The fourth-order valence-electron chi connectivity index (χ4n) is 1.77. The van der Waals surface area contributed by atoms with Crippen LogP contribution in [0.4, 0.5) is 4.39 Å². The van der Waals surface area contributed by atoms with Crippen molar-refractivity contribution in [2.75, 3.05) is 13.2 Å². The second-order valence-corrected chi connectivity index (χ2v) is 4.26. The molecule has 1 aliphatic heterocycles. The Kier molecular flexibility index (Phi) is 2.88. The first kappa shape index (κ1) is 12.0. The van der Waals surface area contributed by atoms with Gasteiger partial charge in [-0.1, -0.05) is 0 Å². The maximum atomic E-state index is 13.7. The topological polar surface area (TPSA) is 84.3 Å². The fraction of sp³-hybridized carbons (Fsp3) is 0.600. The Bertz CT molecular complexity index is 538. The van der Waals surface area contributed by atoms with Crippen LogP contribution in [-0.2, 0) is 4.74 Å². The van der Waals surface area contributed by atoms with Gasteiger partial charge in [0.15, 0.2) is 5.67 Å². The highest BCUT2D eigenvalue weighted by molar-refractivity contribution is 5.02. The summed E-state index contributed by atoms with van der Waals surface area (Å²) >= 11 is 0. The van der Waals surface area contributed by atoms with Crippen LogP contribution in [0.2, 0.25) is 0 Å². The number of aryl methyl sites for hydroxylation is 1. The van der Waals surface area contributed by atoms with Gasteiger partial charge in [0, 0.05) is 18.2 Å². The molecule has 1 saturated heterocycles. The van der Waals surface area contributed by atoms with Crippen LogP contribution in [-0.4, -0.2) is 33.5 Å². The van der Waals surface area contributed by atoms with Crippen molar-refractivity contribution >= 4 is 0 Å². The highest BCUT2D eigenvalue weighted by Gasteiger charge is 2.41. The molecule has 0 saturated carbocycles. The molecule has 7 heteroatoms. The van der Waals surface area contributed by atoms with Crippen LogP contribution >= 0.6 is 0 Å². The summed E-state index contributed by atoms with van der Waals surface area (Å²) in [5.41, 5.74) is -2.60. The minimum Gasteiger partial charge on any atom is -0.393 e. The summed E-state index contributed by atoms with van der Waals surface area (Å²) < 4.78 is 20.0. The first-order valence-corrected chi connectivity index (χ1v) is 5.19. The minimum absolute atomic E-state index is 0.116. The van der Waals surface area contributed by atoms with Gasteiger partial charge in [-0.3, -0.25) is 14.3 Å². The van der Waals surface area contributed by atoms with Gasteiger partial charge in [0.05, 0.1) is 13.2 Å². The maximum absolute atomic E-state index is 13.7. The number of hydrogen-bond acceptors (Lipinski definition) is 4. The lowest BCUT2D eigenvalue weighted by atomic mass is 10.1. The lowest BCUT2D eigenvalue weighted by molar-refractivity contribution is 0.0272. The molecule has 6 nitrogen and oxygen atoms in total. The molecule has 0 aromatic carbocycles. The highest BCUT2D eigenvalue weighted by Crippen LogP contribution is 2.32. The van der Waals surface area contributed by atoms with Crippen LogP contribution in [0.1, 0.15) is 18.2 Å². The second kappa shape index (κ2) is 4.08. The van der Waals surface area contributed by atoms with E-state index < -0.39 is 29.8 Å². The smallest absolute Gasteiger partial charge is 0.330 e. The lowest BCUT2D eigenvalue weighted by Crippen LogP contribution is -2.34.